The molecule has 0 radical (unpaired) electrons. The molecular formula is C33H37F6N3O3. The summed E-state index contributed by atoms with van der Waals surface area (Å²) < 4.78 is 86.9. The molecule has 4 saturated heterocycles. The zero-order valence-electron chi connectivity index (χ0n) is 24.9. The minimum Gasteiger partial charge on any atom is -0.381 e. The third-order valence-electron chi connectivity index (χ3n) is 10.1. The number of benzene rings is 2. The number of carbonyl (C=O) groups excluding carboxylic acids is 2. The Morgan fingerprint density at radius 2 is 1.56 bits per heavy atom. The predicted molar refractivity (Wildman–Crippen MR) is 153 cm³/mol. The fourth-order valence-corrected chi connectivity index (χ4v) is 7.68. The van der Waals surface area contributed by atoms with Crippen LogP contribution in [0.1, 0.15) is 59.2 Å². The van der Waals surface area contributed by atoms with Gasteiger partial charge in [-0.2, -0.15) is 26.3 Å². The SMILES string of the molecule is O=C(C1CCOC1)N1CCC2(CCN([C@H]3CCN(C(=O)c4cc(C(F)(F)F)cc(C(F)(F)F)c4)[C@H](Cc4ccccc4)C3)C2)C1. The molecule has 1 spiro atoms. The molecule has 45 heavy (non-hydrogen) atoms. The molecule has 12 heteroatoms. The van der Waals surface area contributed by atoms with Gasteiger partial charge in [0.25, 0.3) is 5.91 Å². The quantitative estimate of drug-likeness (QED) is 0.384. The van der Waals surface area contributed by atoms with Gasteiger partial charge in [0.1, 0.15) is 0 Å². The summed E-state index contributed by atoms with van der Waals surface area (Å²) in [6.07, 6.45) is -5.92. The normalized spacial score (nSPS) is 27.9. The molecule has 2 aromatic carbocycles. The number of hydrogen-bond donors (Lipinski definition) is 0. The van der Waals surface area contributed by atoms with E-state index in [-0.39, 0.29) is 35.9 Å². The zero-order valence-corrected chi connectivity index (χ0v) is 24.9. The van der Waals surface area contributed by atoms with Crippen molar-refractivity contribution in [2.45, 2.75) is 63.0 Å². The van der Waals surface area contributed by atoms with Crippen LogP contribution >= 0.6 is 0 Å². The molecule has 0 bridgehead atoms. The summed E-state index contributed by atoms with van der Waals surface area (Å²) in [5.41, 5.74) is -2.68. The third-order valence-corrected chi connectivity index (χ3v) is 10.1. The Balaban J connectivity index is 1.20. The van der Waals surface area contributed by atoms with Crippen LogP contribution < -0.4 is 0 Å². The van der Waals surface area contributed by atoms with Gasteiger partial charge in [0, 0.05) is 55.8 Å². The number of halogens is 6. The van der Waals surface area contributed by atoms with E-state index < -0.39 is 41.0 Å². The molecule has 0 N–H and O–H groups in total. The lowest BCUT2D eigenvalue weighted by Gasteiger charge is -2.43. The van der Waals surface area contributed by atoms with Crippen LogP contribution in [0.2, 0.25) is 0 Å². The summed E-state index contributed by atoms with van der Waals surface area (Å²) in [5, 5.41) is 0. The molecule has 0 aromatic heterocycles. The Hall–Kier alpha value is -3.12. The first kappa shape index (κ1) is 31.8. The van der Waals surface area contributed by atoms with Gasteiger partial charge in [0.2, 0.25) is 5.91 Å². The minimum absolute atomic E-state index is 0.00301. The molecule has 6 rings (SSSR count). The van der Waals surface area contributed by atoms with Crippen molar-refractivity contribution >= 4 is 11.8 Å². The van der Waals surface area contributed by atoms with Gasteiger partial charge in [0.15, 0.2) is 0 Å². The van der Waals surface area contributed by atoms with Gasteiger partial charge in [-0.25, -0.2) is 0 Å². The van der Waals surface area contributed by atoms with Crippen LogP contribution in [0.5, 0.6) is 0 Å². The number of carbonyl (C=O) groups is 2. The minimum atomic E-state index is -5.04. The van der Waals surface area contributed by atoms with Crippen LogP contribution in [-0.4, -0.2) is 84.5 Å². The maximum Gasteiger partial charge on any atom is 0.416 e. The maximum absolute atomic E-state index is 13.7. The highest BCUT2D eigenvalue weighted by Gasteiger charge is 2.48. The van der Waals surface area contributed by atoms with Crippen molar-refractivity contribution in [3.63, 3.8) is 0 Å². The van der Waals surface area contributed by atoms with Gasteiger partial charge >= 0.3 is 12.4 Å². The van der Waals surface area contributed by atoms with Crippen LogP contribution in [0, 0.1) is 11.3 Å². The number of amides is 2. The molecular weight excluding hydrogens is 600 g/mol. The smallest absolute Gasteiger partial charge is 0.381 e. The number of nitrogens with zero attached hydrogens (tertiary/aromatic N) is 3. The van der Waals surface area contributed by atoms with Crippen LogP contribution in [0.25, 0.3) is 0 Å². The largest absolute Gasteiger partial charge is 0.416 e. The monoisotopic (exact) mass is 637 g/mol. The second-order valence-electron chi connectivity index (χ2n) is 13.1. The molecule has 6 nitrogen and oxygen atoms in total. The van der Waals surface area contributed by atoms with E-state index in [1.165, 1.54) is 4.90 Å². The van der Waals surface area contributed by atoms with Gasteiger partial charge in [0.05, 0.1) is 23.7 Å². The number of alkyl halides is 6. The van der Waals surface area contributed by atoms with Crippen molar-refractivity contribution in [1.29, 1.82) is 0 Å². The van der Waals surface area contributed by atoms with Gasteiger partial charge in [-0.3, -0.25) is 14.5 Å². The molecule has 2 amide bonds. The van der Waals surface area contributed by atoms with Gasteiger partial charge < -0.3 is 14.5 Å². The summed E-state index contributed by atoms with van der Waals surface area (Å²) in [5.74, 6) is -0.729. The molecule has 4 heterocycles. The van der Waals surface area contributed by atoms with Crippen LogP contribution in [-0.2, 0) is 28.3 Å². The average molecular weight is 638 g/mol. The summed E-state index contributed by atoms with van der Waals surface area (Å²) >= 11 is 0. The summed E-state index contributed by atoms with van der Waals surface area (Å²) in [6, 6.07) is 10.2. The average Bonchev–Trinajstić information content (AvgIpc) is 3.78. The van der Waals surface area contributed by atoms with Crippen LogP contribution in [0.15, 0.2) is 48.5 Å². The lowest BCUT2D eigenvalue weighted by molar-refractivity contribution is -0.143. The molecule has 0 saturated carbocycles. The van der Waals surface area contributed by atoms with Crippen molar-refractivity contribution in [3.05, 3.63) is 70.8 Å². The molecule has 4 fully saturated rings. The fraction of sp³-hybridized carbons (Fsp3) is 0.576. The van der Waals surface area contributed by atoms with Crippen LogP contribution in [0.4, 0.5) is 26.3 Å². The van der Waals surface area contributed by atoms with E-state index in [0.29, 0.717) is 51.2 Å². The Labute approximate surface area is 258 Å². The Bertz CT molecular complexity index is 1360. The molecule has 244 valence electrons. The van der Waals surface area contributed by atoms with E-state index in [0.717, 1.165) is 44.5 Å². The lowest BCUT2D eigenvalue weighted by atomic mass is 9.86. The molecule has 4 aliphatic heterocycles. The van der Waals surface area contributed by atoms with E-state index in [4.69, 9.17) is 4.74 Å². The van der Waals surface area contributed by atoms with E-state index in [2.05, 4.69) is 4.90 Å². The Kier molecular flexibility index (Phi) is 8.66. The van der Waals surface area contributed by atoms with E-state index in [1.54, 1.807) is 0 Å². The first-order chi connectivity index (χ1) is 21.3. The topological polar surface area (TPSA) is 53.1 Å². The van der Waals surface area contributed by atoms with Gasteiger partial charge in [-0.15, -0.1) is 0 Å². The number of piperidine rings is 1. The van der Waals surface area contributed by atoms with Gasteiger partial charge in [-0.1, -0.05) is 30.3 Å². The highest BCUT2D eigenvalue weighted by Crippen LogP contribution is 2.43. The molecule has 2 unspecified atom stereocenters. The Morgan fingerprint density at radius 3 is 2.20 bits per heavy atom. The molecule has 4 aliphatic rings. The lowest BCUT2D eigenvalue weighted by Crippen LogP contribution is -2.52. The van der Waals surface area contributed by atoms with E-state index >= 15 is 0 Å². The third kappa shape index (κ3) is 6.86. The maximum atomic E-state index is 13.7. The second kappa shape index (κ2) is 12.2. The highest BCUT2D eigenvalue weighted by atomic mass is 19.4. The predicted octanol–water partition coefficient (Wildman–Crippen LogP) is 5.90. The molecule has 2 aromatic rings. The first-order valence-electron chi connectivity index (χ1n) is 15.6. The molecule has 4 atom stereocenters. The van der Waals surface area contributed by atoms with Gasteiger partial charge in [-0.05, 0) is 68.8 Å². The van der Waals surface area contributed by atoms with Crippen molar-refractivity contribution in [2.24, 2.45) is 11.3 Å². The first-order valence-corrected chi connectivity index (χ1v) is 15.6. The number of hydrogen-bond acceptors (Lipinski definition) is 4. The molecule has 0 aliphatic carbocycles. The summed E-state index contributed by atoms with van der Waals surface area (Å²) in [7, 11) is 0. The van der Waals surface area contributed by atoms with Crippen molar-refractivity contribution < 1.29 is 40.7 Å². The van der Waals surface area contributed by atoms with Crippen molar-refractivity contribution in [3.8, 4) is 0 Å². The second-order valence-corrected chi connectivity index (χ2v) is 13.1. The van der Waals surface area contributed by atoms with Crippen molar-refractivity contribution in [1.82, 2.24) is 14.7 Å². The summed E-state index contributed by atoms with van der Waals surface area (Å²) in [4.78, 5) is 32.6. The van der Waals surface area contributed by atoms with E-state index in [9.17, 15) is 35.9 Å². The number of rotatable bonds is 5. The zero-order chi connectivity index (χ0) is 32.0. The van der Waals surface area contributed by atoms with Crippen LogP contribution in [0.3, 0.4) is 0 Å². The van der Waals surface area contributed by atoms with E-state index in [1.807, 2.05) is 35.2 Å². The standard InChI is InChI=1S/C33H37F6N3O3/c34-32(35,36)25-15-24(16-26(17-25)33(37,38)39)30(44)42-10-6-27(18-28(42)14-22-4-2-1-3-5-22)40-11-8-31(20-40)9-12-41(21-31)29(43)23-7-13-45-19-23/h1-5,15-17,23,27-28H,6-14,18-21H2/t23?,27-,28+,31?/m0/s1. The summed E-state index contributed by atoms with van der Waals surface area (Å²) in [6.45, 7) is 4.40. The highest BCUT2D eigenvalue weighted by molar-refractivity contribution is 5.95. The number of ether oxygens (including phenoxy) is 1. The number of likely N-dealkylation sites (tertiary alicyclic amines) is 3. The van der Waals surface area contributed by atoms with Crippen molar-refractivity contribution in [2.75, 3.05) is 45.9 Å². The Morgan fingerprint density at radius 1 is 0.867 bits per heavy atom. The fourth-order valence-electron chi connectivity index (χ4n) is 7.68.